The van der Waals surface area contributed by atoms with Crippen molar-refractivity contribution in [2.24, 2.45) is 5.92 Å². The van der Waals surface area contributed by atoms with Crippen molar-refractivity contribution in [1.82, 2.24) is 14.9 Å². The van der Waals surface area contributed by atoms with E-state index in [9.17, 15) is 8.42 Å². The van der Waals surface area contributed by atoms with Gasteiger partial charge in [-0.25, -0.2) is 13.1 Å². The number of sulfonamides is 1. The summed E-state index contributed by atoms with van der Waals surface area (Å²) in [6.07, 6.45) is 4.46. The molecule has 2 aliphatic rings. The first-order chi connectivity index (χ1) is 9.09. The molecule has 6 heteroatoms. The Morgan fingerprint density at radius 2 is 2.00 bits per heavy atom. The zero-order chi connectivity index (χ0) is 13.7. The maximum Gasteiger partial charge on any atom is 0.213 e. The summed E-state index contributed by atoms with van der Waals surface area (Å²) in [5, 5.41) is 3.28. The highest BCUT2D eigenvalue weighted by Crippen LogP contribution is 2.34. The van der Waals surface area contributed by atoms with Crippen LogP contribution in [0.5, 0.6) is 0 Å². The van der Waals surface area contributed by atoms with E-state index in [1.54, 1.807) is 0 Å². The third kappa shape index (κ3) is 5.77. The molecule has 1 aliphatic carbocycles. The summed E-state index contributed by atoms with van der Waals surface area (Å²) >= 11 is 0. The van der Waals surface area contributed by atoms with E-state index in [0.717, 1.165) is 44.9 Å². The normalized spacial score (nSPS) is 23.4. The Labute approximate surface area is 117 Å². The van der Waals surface area contributed by atoms with E-state index in [1.807, 2.05) is 0 Å². The number of nitrogens with one attached hydrogen (secondary N) is 2. The zero-order valence-corrected chi connectivity index (χ0v) is 12.7. The van der Waals surface area contributed by atoms with Gasteiger partial charge >= 0.3 is 0 Å². The minimum Gasteiger partial charge on any atom is -0.314 e. The summed E-state index contributed by atoms with van der Waals surface area (Å²) in [4.78, 5) is 2.22. The Bertz CT molecular complexity index is 362. The summed E-state index contributed by atoms with van der Waals surface area (Å²) in [6, 6.07) is 0.139. The van der Waals surface area contributed by atoms with Crippen molar-refractivity contribution in [3.63, 3.8) is 0 Å². The van der Waals surface area contributed by atoms with Crippen molar-refractivity contribution in [1.29, 1.82) is 0 Å². The van der Waals surface area contributed by atoms with Crippen molar-refractivity contribution in [3.8, 4) is 0 Å². The van der Waals surface area contributed by atoms with Gasteiger partial charge in [0, 0.05) is 38.8 Å². The number of nitrogens with zero attached hydrogens (tertiary/aromatic N) is 1. The molecule has 1 saturated heterocycles. The highest BCUT2D eigenvalue weighted by Gasteiger charge is 2.27. The van der Waals surface area contributed by atoms with Gasteiger partial charge < -0.3 is 5.32 Å². The average Bonchev–Trinajstić information content (AvgIpc) is 3.21. The van der Waals surface area contributed by atoms with Gasteiger partial charge in [0.2, 0.25) is 10.0 Å². The molecule has 0 spiro atoms. The van der Waals surface area contributed by atoms with Crippen molar-refractivity contribution < 1.29 is 8.42 Å². The van der Waals surface area contributed by atoms with E-state index >= 15 is 0 Å². The molecule has 2 fully saturated rings. The molecule has 5 nitrogen and oxygen atoms in total. The Morgan fingerprint density at radius 1 is 1.32 bits per heavy atom. The van der Waals surface area contributed by atoms with Crippen LogP contribution in [0, 0.1) is 5.92 Å². The van der Waals surface area contributed by atoms with Crippen LogP contribution in [0.25, 0.3) is 0 Å². The van der Waals surface area contributed by atoms with Gasteiger partial charge in [-0.3, -0.25) is 4.90 Å². The van der Waals surface area contributed by atoms with Gasteiger partial charge in [-0.2, -0.15) is 0 Å². The van der Waals surface area contributed by atoms with Crippen LogP contribution in [0.2, 0.25) is 0 Å². The summed E-state index contributed by atoms with van der Waals surface area (Å²) in [7, 11) is -3.12. The number of piperazine rings is 1. The largest absolute Gasteiger partial charge is 0.314 e. The van der Waals surface area contributed by atoms with Crippen LogP contribution in [0.3, 0.4) is 0 Å². The summed E-state index contributed by atoms with van der Waals surface area (Å²) in [5.41, 5.74) is 0. The molecule has 1 atom stereocenters. The highest BCUT2D eigenvalue weighted by atomic mass is 32.2. The fourth-order valence-corrected chi connectivity index (χ4v) is 3.94. The first-order valence-corrected chi connectivity index (χ1v) is 9.17. The quantitative estimate of drug-likeness (QED) is 0.678. The van der Waals surface area contributed by atoms with Crippen LogP contribution in [-0.2, 0) is 10.0 Å². The van der Waals surface area contributed by atoms with Gasteiger partial charge in [-0.1, -0.05) is 19.8 Å². The van der Waals surface area contributed by atoms with Crippen molar-refractivity contribution in [2.75, 3.05) is 38.5 Å². The molecule has 0 radical (unpaired) electrons. The number of rotatable bonds is 8. The first-order valence-electron chi connectivity index (χ1n) is 7.52. The van der Waals surface area contributed by atoms with Gasteiger partial charge in [-0.05, 0) is 18.8 Å². The van der Waals surface area contributed by atoms with E-state index in [1.165, 1.54) is 12.8 Å². The van der Waals surface area contributed by atoms with Crippen LogP contribution < -0.4 is 10.0 Å². The van der Waals surface area contributed by atoms with Gasteiger partial charge in [-0.15, -0.1) is 0 Å². The first kappa shape index (κ1) is 15.2. The molecule has 0 aromatic heterocycles. The monoisotopic (exact) mass is 289 g/mol. The third-order valence-corrected chi connectivity index (χ3v) is 5.45. The lowest BCUT2D eigenvalue weighted by molar-refractivity contribution is 0.253. The standard InChI is InChI=1S/C13H27N3O2S/c1-2-13(11-12-3-4-12)15-19(17,18)10-9-16-7-5-14-6-8-16/h12-15H,2-11H2,1H3. The minimum atomic E-state index is -3.12. The van der Waals surface area contributed by atoms with Crippen LogP contribution in [0.4, 0.5) is 0 Å². The van der Waals surface area contributed by atoms with Gasteiger partial charge in [0.25, 0.3) is 0 Å². The topological polar surface area (TPSA) is 61.4 Å². The predicted molar refractivity (Wildman–Crippen MR) is 77.7 cm³/mol. The molecular formula is C13H27N3O2S. The van der Waals surface area contributed by atoms with E-state index < -0.39 is 10.0 Å². The molecule has 1 saturated carbocycles. The van der Waals surface area contributed by atoms with E-state index in [0.29, 0.717) is 6.54 Å². The lowest BCUT2D eigenvalue weighted by atomic mass is 10.1. The molecule has 1 aliphatic heterocycles. The second-order valence-corrected chi connectivity index (χ2v) is 7.69. The number of hydrogen-bond donors (Lipinski definition) is 2. The molecule has 2 rings (SSSR count). The summed E-state index contributed by atoms with van der Waals surface area (Å²) in [5.74, 6) is 0.995. The number of hydrogen-bond acceptors (Lipinski definition) is 4. The molecule has 1 unspecified atom stereocenters. The lowest BCUT2D eigenvalue weighted by Gasteiger charge is -2.27. The van der Waals surface area contributed by atoms with Gasteiger partial charge in [0.1, 0.15) is 0 Å². The molecule has 0 aromatic rings. The summed E-state index contributed by atoms with van der Waals surface area (Å²) < 4.78 is 27.1. The van der Waals surface area contributed by atoms with E-state index in [2.05, 4.69) is 21.9 Å². The second-order valence-electron chi connectivity index (χ2n) is 5.81. The van der Waals surface area contributed by atoms with Crippen LogP contribution in [0.1, 0.15) is 32.6 Å². The molecular weight excluding hydrogens is 262 g/mol. The summed E-state index contributed by atoms with van der Waals surface area (Å²) in [6.45, 7) is 6.55. The van der Waals surface area contributed by atoms with Gasteiger partial charge in [0.15, 0.2) is 0 Å². The van der Waals surface area contributed by atoms with Crippen LogP contribution >= 0.6 is 0 Å². The maximum absolute atomic E-state index is 12.1. The van der Waals surface area contributed by atoms with Crippen molar-refractivity contribution in [3.05, 3.63) is 0 Å². The highest BCUT2D eigenvalue weighted by molar-refractivity contribution is 7.89. The molecule has 112 valence electrons. The molecule has 0 aromatic carbocycles. The SMILES string of the molecule is CCC(CC1CC1)NS(=O)(=O)CCN1CCNCC1. The van der Waals surface area contributed by atoms with E-state index in [-0.39, 0.29) is 11.8 Å². The molecule has 1 heterocycles. The third-order valence-electron chi connectivity index (χ3n) is 4.04. The lowest BCUT2D eigenvalue weighted by Crippen LogP contribution is -2.46. The van der Waals surface area contributed by atoms with Gasteiger partial charge in [0.05, 0.1) is 5.75 Å². The fraction of sp³-hybridized carbons (Fsp3) is 1.00. The molecule has 0 bridgehead atoms. The molecule has 2 N–H and O–H groups in total. The Morgan fingerprint density at radius 3 is 2.58 bits per heavy atom. The van der Waals surface area contributed by atoms with Crippen molar-refractivity contribution in [2.45, 2.75) is 38.6 Å². The van der Waals surface area contributed by atoms with Crippen LogP contribution in [-0.4, -0.2) is 57.8 Å². The maximum atomic E-state index is 12.1. The Balaban J connectivity index is 1.72. The predicted octanol–water partition coefficient (Wildman–Crippen LogP) is 0.390. The minimum absolute atomic E-state index is 0.139. The average molecular weight is 289 g/mol. The fourth-order valence-electron chi connectivity index (χ4n) is 2.55. The van der Waals surface area contributed by atoms with Crippen molar-refractivity contribution >= 4 is 10.0 Å². The Hall–Kier alpha value is -0.170. The zero-order valence-electron chi connectivity index (χ0n) is 11.9. The Kier molecular flexibility index (Phi) is 5.62. The molecule has 0 amide bonds. The van der Waals surface area contributed by atoms with E-state index in [4.69, 9.17) is 0 Å². The smallest absolute Gasteiger partial charge is 0.213 e. The van der Waals surface area contributed by atoms with Crippen LogP contribution in [0.15, 0.2) is 0 Å². The second kappa shape index (κ2) is 7.02. The molecule has 19 heavy (non-hydrogen) atoms.